The van der Waals surface area contributed by atoms with Gasteiger partial charge < -0.3 is 0 Å². The lowest BCUT2D eigenvalue weighted by atomic mass is 10.2. The first-order valence-corrected chi connectivity index (χ1v) is 11.7. The van der Waals surface area contributed by atoms with Gasteiger partial charge in [0.25, 0.3) is 0 Å². The van der Waals surface area contributed by atoms with Gasteiger partial charge in [-0.15, -0.1) is 15.3 Å². The van der Waals surface area contributed by atoms with Crippen LogP contribution in [0.4, 0.5) is 0 Å². The molecule has 164 valence electrons. The van der Waals surface area contributed by atoms with Crippen molar-refractivity contribution in [3.8, 4) is 17.1 Å². The van der Waals surface area contributed by atoms with Crippen LogP contribution in [0.2, 0.25) is 5.02 Å². The van der Waals surface area contributed by atoms with Crippen molar-refractivity contribution in [3.05, 3.63) is 101 Å². The number of tetrazole rings is 1. The Labute approximate surface area is 200 Å². The van der Waals surface area contributed by atoms with Crippen molar-refractivity contribution in [3.63, 3.8) is 0 Å². The molecule has 33 heavy (non-hydrogen) atoms. The molecule has 0 radical (unpaired) electrons. The molecule has 5 rings (SSSR count). The molecule has 0 bridgehead atoms. The monoisotopic (exact) mass is 473 g/mol. The topological polar surface area (TPSA) is 74.3 Å². The normalized spacial score (nSPS) is 12.1. The van der Waals surface area contributed by atoms with E-state index in [-0.39, 0.29) is 5.25 Å². The molecule has 0 amide bonds. The van der Waals surface area contributed by atoms with Gasteiger partial charge in [-0.3, -0.25) is 4.57 Å². The Balaban J connectivity index is 1.49. The van der Waals surface area contributed by atoms with Crippen LogP contribution in [0.5, 0.6) is 0 Å². The van der Waals surface area contributed by atoms with Crippen LogP contribution in [0.15, 0.2) is 90.1 Å². The number of benzene rings is 3. The molecule has 2 heterocycles. The summed E-state index contributed by atoms with van der Waals surface area (Å²) in [5.74, 6) is 1.53. The summed E-state index contributed by atoms with van der Waals surface area (Å²) in [6.07, 6.45) is 0. The number of hydrogen-bond acceptors (Lipinski definition) is 6. The summed E-state index contributed by atoms with van der Waals surface area (Å²) in [7, 11) is 0. The largest absolute Gasteiger partial charge is 0.298 e. The van der Waals surface area contributed by atoms with Gasteiger partial charge in [-0.05, 0) is 59.3 Å². The van der Waals surface area contributed by atoms with E-state index < -0.39 is 0 Å². The average Bonchev–Trinajstić information content (AvgIpc) is 3.49. The number of halogens is 1. The molecule has 0 saturated heterocycles. The van der Waals surface area contributed by atoms with Crippen molar-refractivity contribution >= 4 is 23.4 Å². The van der Waals surface area contributed by atoms with Crippen LogP contribution in [0.3, 0.4) is 0 Å². The minimum Gasteiger partial charge on any atom is -0.298 e. The first-order chi connectivity index (χ1) is 16.2. The molecule has 0 spiro atoms. The van der Waals surface area contributed by atoms with E-state index in [2.05, 4.69) is 49.3 Å². The van der Waals surface area contributed by atoms with Gasteiger partial charge in [0.2, 0.25) is 0 Å². The average molecular weight is 474 g/mol. The van der Waals surface area contributed by atoms with Gasteiger partial charge in [0.1, 0.15) is 0 Å². The van der Waals surface area contributed by atoms with Crippen molar-refractivity contribution in [2.45, 2.75) is 23.9 Å². The Bertz CT molecular complexity index is 1330. The molecule has 7 nitrogen and oxygen atoms in total. The Hall–Kier alpha value is -3.49. The van der Waals surface area contributed by atoms with Crippen molar-refractivity contribution in [1.82, 2.24) is 35.0 Å². The maximum Gasteiger partial charge on any atom is 0.192 e. The molecule has 0 saturated carbocycles. The highest BCUT2D eigenvalue weighted by Crippen LogP contribution is 2.35. The zero-order valence-electron chi connectivity index (χ0n) is 17.8. The molecular formula is C24H20ClN7S. The molecule has 0 N–H and O–H groups in total. The zero-order valence-corrected chi connectivity index (χ0v) is 19.4. The molecule has 9 heteroatoms. The number of rotatable bonds is 7. The number of aromatic nitrogens is 7. The van der Waals surface area contributed by atoms with E-state index in [1.807, 2.05) is 72.8 Å². The predicted molar refractivity (Wildman–Crippen MR) is 129 cm³/mol. The summed E-state index contributed by atoms with van der Waals surface area (Å²) in [5, 5.41) is 22.8. The Morgan fingerprint density at radius 2 is 1.55 bits per heavy atom. The molecule has 2 aromatic heterocycles. The van der Waals surface area contributed by atoms with Gasteiger partial charge in [-0.1, -0.05) is 71.9 Å². The molecule has 5 aromatic rings. The lowest BCUT2D eigenvalue weighted by molar-refractivity contribution is 0.709. The van der Waals surface area contributed by atoms with Gasteiger partial charge >= 0.3 is 0 Å². The zero-order chi connectivity index (χ0) is 22.6. The third kappa shape index (κ3) is 4.67. The smallest absolute Gasteiger partial charge is 0.192 e. The first-order valence-electron chi connectivity index (χ1n) is 10.4. The second kappa shape index (κ2) is 9.56. The van der Waals surface area contributed by atoms with Crippen LogP contribution in [-0.4, -0.2) is 35.0 Å². The summed E-state index contributed by atoms with van der Waals surface area (Å²) in [6.45, 7) is 2.71. The van der Waals surface area contributed by atoms with Crippen LogP contribution in [0, 0.1) is 0 Å². The Morgan fingerprint density at radius 1 is 0.848 bits per heavy atom. The van der Waals surface area contributed by atoms with Gasteiger partial charge in [0.15, 0.2) is 16.8 Å². The van der Waals surface area contributed by atoms with Crippen molar-refractivity contribution in [2.75, 3.05) is 0 Å². The van der Waals surface area contributed by atoms with Crippen molar-refractivity contribution in [2.24, 2.45) is 0 Å². The molecule has 0 fully saturated rings. The number of nitrogens with zero attached hydrogens (tertiary/aromatic N) is 7. The molecular weight excluding hydrogens is 454 g/mol. The molecule has 0 aliphatic carbocycles. The quantitative estimate of drug-likeness (QED) is 0.291. The van der Waals surface area contributed by atoms with E-state index in [4.69, 9.17) is 11.6 Å². The van der Waals surface area contributed by atoms with Crippen LogP contribution in [0.25, 0.3) is 17.1 Å². The molecule has 3 aromatic carbocycles. The summed E-state index contributed by atoms with van der Waals surface area (Å²) >= 11 is 7.67. The van der Waals surface area contributed by atoms with Gasteiger partial charge in [-0.25, -0.2) is 0 Å². The summed E-state index contributed by atoms with van der Waals surface area (Å²) in [4.78, 5) is 0. The van der Waals surface area contributed by atoms with E-state index in [0.29, 0.717) is 11.6 Å². The van der Waals surface area contributed by atoms with Crippen LogP contribution in [0.1, 0.15) is 23.6 Å². The van der Waals surface area contributed by atoms with E-state index in [0.717, 1.165) is 33.6 Å². The lowest BCUT2D eigenvalue weighted by Crippen LogP contribution is -2.07. The standard InChI is InChI=1S/C24H20ClN7S/c1-17(22-27-29-30-32(22)21-10-6-3-7-11-21)33-24-28-26-23(19-12-14-20(25)15-13-19)31(24)16-18-8-4-2-5-9-18/h2-15,17H,16H2,1H3. The molecule has 0 aliphatic rings. The van der Waals surface area contributed by atoms with Crippen LogP contribution in [-0.2, 0) is 6.54 Å². The number of hydrogen-bond donors (Lipinski definition) is 0. The molecule has 1 atom stereocenters. The second-order valence-electron chi connectivity index (χ2n) is 7.43. The van der Waals surface area contributed by atoms with Crippen LogP contribution >= 0.6 is 23.4 Å². The van der Waals surface area contributed by atoms with E-state index in [9.17, 15) is 0 Å². The van der Waals surface area contributed by atoms with Gasteiger partial charge in [0, 0.05) is 10.6 Å². The number of para-hydroxylation sites is 1. The van der Waals surface area contributed by atoms with E-state index in [1.165, 1.54) is 0 Å². The Morgan fingerprint density at radius 3 is 2.27 bits per heavy atom. The summed E-state index contributed by atoms with van der Waals surface area (Å²) < 4.78 is 3.88. The van der Waals surface area contributed by atoms with E-state index in [1.54, 1.807) is 16.4 Å². The second-order valence-corrected chi connectivity index (χ2v) is 9.17. The Kier molecular flexibility index (Phi) is 6.19. The van der Waals surface area contributed by atoms with E-state index >= 15 is 0 Å². The molecule has 0 aliphatic heterocycles. The predicted octanol–water partition coefficient (Wildman–Crippen LogP) is 5.48. The molecule has 1 unspecified atom stereocenters. The fourth-order valence-electron chi connectivity index (χ4n) is 3.51. The minimum absolute atomic E-state index is 0.0583. The van der Waals surface area contributed by atoms with Gasteiger partial charge in [-0.2, -0.15) is 4.68 Å². The van der Waals surface area contributed by atoms with Crippen molar-refractivity contribution < 1.29 is 0 Å². The summed E-state index contributed by atoms with van der Waals surface area (Å²) in [6, 6.07) is 27.8. The fourth-order valence-corrected chi connectivity index (χ4v) is 4.57. The minimum atomic E-state index is -0.0583. The SMILES string of the molecule is CC(Sc1nnc(-c2ccc(Cl)cc2)n1Cc1ccccc1)c1nnnn1-c1ccccc1. The van der Waals surface area contributed by atoms with Crippen LogP contribution < -0.4 is 0 Å². The van der Waals surface area contributed by atoms with Gasteiger partial charge in [0.05, 0.1) is 17.5 Å². The van der Waals surface area contributed by atoms with Crippen molar-refractivity contribution in [1.29, 1.82) is 0 Å². The highest BCUT2D eigenvalue weighted by atomic mass is 35.5. The summed E-state index contributed by atoms with van der Waals surface area (Å²) in [5.41, 5.74) is 3.03. The highest BCUT2D eigenvalue weighted by molar-refractivity contribution is 7.99. The maximum atomic E-state index is 6.10. The number of thioether (sulfide) groups is 1. The third-order valence-corrected chi connectivity index (χ3v) is 6.47. The fraction of sp³-hybridized carbons (Fsp3) is 0.125. The third-order valence-electron chi connectivity index (χ3n) is 5.14. The lowest BCUT2D eigenvalue weighted by Gasteiger charge is -2.14. The first kappa shape index (κ1) is 21.4. The highest BCUT2D eigenvalue weighted by Gasteiger charge is 2.22. The maximum absolute atomic E-state index is 6.10.